The van der Waals surface area contributed by atoms with Crippen LogP contribution in [0.3, 0.4) is 0 Å². The Morgan fingerprint density at radius 3 is 0.952 bits per heavy atom. The molecule has 0 aliphatic carbocycles. The molecule has 4 N–H and O–H groups in total. The van der Waals surface area contributed by atoms with Crippen LogP contribution in [-0.2, 0) is 38.3 Å². The first-order valence-electron chi connectivity index (χ1n) is 5.18. The van der Waals surface area contributed by atoms with E-state index in [1.165, 1.54) is 27.7 Å². The SMILES string of the molecule is CC(=O)OCCOC(C)=O.CC(=O)ON.CC(=O)ON.[Na]. The first-order chi connectivity index (χ1) is 9.17. The quantitative estimate of drug-likeness (QED) is 0.273. The zero-order chi connectivity index (χ0) is 16.6. The molecule has 0 aromatic carbocycles. The van der Waals surface area contributed by atoms with Crippen LogP contribution < -0.4 is 11.8 Å². The topological polar surface area (TPSA) is 157 Å². The van der Waals surface area contributed by atoms with Gasteiger partial charge in [-0.2, -0.15) is 11.8 Å². The Bertz CT molecular complexity index is 281. The third kappa shape index (κ3) is 55.2. The summed E-state index contributed by atoms with van der Waals surface area (Å²) < 4.78 is 8.95. The Labute approximate surface area is 144 Å². The average molecular weight is 319 g/mol. The predicted molar refractivity (Wildman–Crippen MR) is 70.9 cm³/mol. The number of carbonyl (C=O) groups excluding carboxylic acids is 4. The Balaban J connectivity index is -0.000000112. The van der Waals surface area contributed by atoms with E-state index in [1.54, 1.807) is 0 Å². The van der Waals surface area contributed by atoms with Crippen molar-refractivity contribution < 1.29 is 38.3 Å². The molecule has 0 bridgehead atoms. The third-order valence-corrected chi connectivity index (χ3v) is 1.03. The van der Waals surface area contributed by atoms with Crippen LogP contribution in [-0.4, -0.2) is 66.6 Å². The first-order valence-corrected chi connectivity index (χ1v) is 5.18. The van der Waals surface area contributed by atoms with E-state index in [0.717, 1.165) is 0 Å². The maximum Gasteiger partial charge on any atom is 0.321 e. The molecule has 1 radical (unpaired) electrons. The Kier molecular flexibility index (Phi) is 28.2. The van der Waals surface area contributed by atoms with Gasteiger partial charge in [0.15, 0.2) is 0 Å². The van der Waals surface area contributed by atoms with Gasteiger partial charge in [0, 0.05) is 57.3 Å². The molecule has 0 saturated carbocycles. The normalized spacial score (nSPS) is 7.33. The number of rotatable bonds is 3. The van der Waals surface area contributed by atoms with Gasteiger partial charge in [0.25, 0.3) is 0 Å². The summed E-state index contributed by atoms with van der Waals surface area (Å²) in [5, 5.41) is 0. The van der Waals surface area contributed by atoms with Gasteiger partial charge in [0.05, 0.1) is 0 Å². The Morgan fingerprint density at radius 1 is 0.667 bits per heavy atom. The summed E-state index contributed by atoms with van der Waals surface area (Å²) in [6.07, 6.45) is 0. The molecule has 0 rings (SSSR count). The van der Waals surface area contributed by atoms with Gasteiger partial charge in [-0.05, 0) is 0 Å². The van der Waals surface area contributed by atoms with Gasteiger partial charge in [0.2, 0.25) is 0 Å². The molecule has 0 aliphatic heterocycles. The molecule has 0 aromatic rings. The molecular formula is C10H20N2NaO8. The van der Waals surface area contributed by atoms with Crippen LogP contribution in [0.4, 0.5) is 0 Å². The van der Waals surface area contributed by atoms with E-state index in [-0.39, 0.29) is 54.7 Å². The zero-order valence-corrected chi connectivity index (χ0v) is 14.8. The summed E-state index contributed by atoms with van der Waals surface area (Å²) in [5.41, 5.74) is 0. The van der Waals surface area contributed by atoms with Crippen LogP contribution in [0, 0.1) is 0 Å². The monoisotopic (exact) mass is 319 g/mol. The molecule has 0 atom stereocenters. The molecule has 0 amide bonds. The molecule has 0 fully saturated rings. The molecule has 0 aliphatic rings. The second-order valence-corrected chi connectivity index (χ2v) is 2.90. The van der Waals surface area contributed by atoms with Crippen molar-refractivity contribution in [2.45, 2.75) is 27.7 Å². The predicted octanol–water partition coefficient (Wildman–Crippen LogP) is -1.42. The van der Waals surface area contributed by atoms with E-state index < -0.39 is 11.9 Å². The van der Waals surface area contributed by atoms with Gasteiger partial charge >= 0.3 is 23.9 Å². The van der Waals surface area contributed by atoms with Crippen LogP contribution in [0.1, 0.15) is 27.7 Å². The van der Waals surface area contributed by atoms with Crippen molar-refractivity contribution in [2.75, 3.05) is 13.2 Å². The second kappa shape index (κ2) is 21.1. The van der Waals surface area contributed by atoms with E-state index in [9.17, 15) is 19.2 Å². The van der Waals surface area contributed by atoms with Crippen molar-refractivity contribution in [3.05, 3.63) is 0 Å². The smallest absolute Gasteiger partial charge is 0.321 e. The number of nitrogens with two attached hydrogens (primary N) is 2. The molecule has 0 unspecified atom stereocenters. The fourth-order valence-electron chi connectivity index (χ4n) is 0.371. The van der Waals surface area contributed by atoms with Crippen molar-refractivity contribution in [2.24, 2.45) is 11.8 Å². The second-order valence-electron chi connectivity index (χ2n) is 2.90. The molecule has 119 valence electrons. The maximum atomic E-state index is 10.1. The first kappa shape index (κ1) is 28.0. The molecule has 10 nitrogen and oxygen atoms in total. The van der Waals surface area contributed by atoms with E-state index in [0.29, 0.717) is 0 Å². The van der Waals surface area contributed by atoms with Crippen molar-refractivity contribution in [1.29, 1.82) is 0 Å². The fraction of sp³-hybridized carbons (Fsp3) is 0.600. The van der Waals surface area contributed by atoms with E-state index in [1.807, 2.05) is 0 Å². The van der Waals surface area contributed by atoms with E-state index >= 15 is 0 Å². The summed E-state index contributed by atoms with van der Waals surface area (Å²) >= 11 is 0. The van der Waals surface area contributed by atoms with E-state index in [2.05, 4.69) is 30.9 Å². The standard InChI is InChI=1S/C6H10O4.2C2H5NO2.Na/c1-5(7)9-3-4-10-6(2)8;2*1-2(4)5-3;/h3-4H2,1-2H3;2*3H2,1H3;. The summed E-state index contributed by atoms with van der Waals surface area (Å²) in [5.74, 6) is 6.97. The minimum atomic E-state index is -0.468. The Hall–Kier alpha value is -1.20. The third-order valence-electron chi connectivity index (χ3n) is 1.03. The molecule has 0 heterocycles. The van der Waals surface area contributed by atoms with Gasteiger partial charge in [-0.1, -0.05) is 0 Å². The van der Waals surface area contributed by atoms with Gasteiger partial charge in [0.1, 0.15) is 13.2 Å². The number of hydrogen-bond acceptors (Lipinski definition) is 10. The van der Waals surface area contributed by atoms with Crippen molar-refractivity contribution >= 4 is 53.4 Å². The molecular weight excluding hydrogens is 299 g/mol. The maximum absolute atomic E-state index is 10.1. The number of ether oxygens (including phenoxy) is 2. The molecule has 0 saturated heterocycles. The summed E-state index contributed by atoms with van der Waals surface area (Å²) in [7, 11) is 0. The van der Waals surface area contributed by atoms with Gasteiger partial charge < -0.3 is 19.1 Å². The molecule has 21 heavy (non-hydrogen) atoms. The van der Waals surface area contributed by atoms with Crippen LogP contribution in [0.15, 0.2) is 0 Å². The minimum Gasteiger partial charge on any atom is -0.462 e. The van der Waals surface area contributed by atoms with Crippen LogP contribution in [0.2, 0.25) is 0 Å². The van der Waals surface area contributed by atoms with Crippen molar-refractivity contribution in [1.82, 2.24) is 0 Å². The zero-order valence-electron chi connectivity index (χ0n) is 12.8. The fourth-order valence-corrected chi connectivity index (χ4v) is 0.371. The summed E-state index contributed by atoms with van der Waals surface area (Å²) in [6.45, 7) is 5.34. The molecule has 0 spiro atoms. The molecule has 0 aromatic heterocycles. The minimum absolute atomic E-state index is 0. The average Bonchev–Trinajstić information content (AvgIpc) is 2.35. The van der Waals surface area contributed by atoms with Crippen LogP contribution >= 0.6 is 0 Å². The number of esters is 2. The van der Waals surface area contributed by atoms with Crippen LogP contribution in [0.25, 0.3) is 0 Å². The van der Waals surface area contributed by atoms with Gasteiger partial charge in [-0.3, -0.25) is 19.2 Å². The van der Waals surface area contributed by atoms with E-state index in [4.69, 9.17) is 0 Å². The van der Waals surface area contributed by atoms with Crippen LogP contribution in [0.5, 0.6) is 0 Å². The van der Waals surface area contributed by atoms with Gasteiger partial charge in [-0.15, -0.1) is 0 Å². The molecule has 11 heteroatoms. The Morgan fingerprint density at radius 2 is 0.857 bits per heavy atom. The van der Waals surface area contributed by atoms with Crippen molar-refractivity contribution in [3.8, 4) is 0 Å². The van der Waals surface area contributed by atoms with Gasteiger partial charge in [-0.25, -0.2) is 0 Å². The summed E-state index contributed by atoms with van der Waals surface area (Å²) in [6, 6.07) is 0. The number of hydrogen-bond donors (Lipinski definition) is 2. The summed E-state index contributed by atoms with van der Waals surface area (Å²) in [4.78, 5) is 46.4. The van der Waals surface area contributed by atoms with Crippen molar-refractivity contribution in [3.63, 3.8) is 0 Å². The largest absolute Gasteiger partial charge is 0.462 e. The number of carbonyl (C=O) groups is 4.